The second-order valence-corrected chi connectivity index (χ2v) is 3.95. The molecule has 1 aromatic carbocycles. The molecule has 0 radical (unpaired) electrons. The van der Waals surface area contributed by atoms with Gasteiger partial charge in [-0.3, -0.25) is 0 Å². The van der Waals surface area contributed by atoms with Gasteiger partial charge in [0.2, 0.25) is 0 Å². The zero-order valence-electron chi connectivity index (χ0n) is 9.86. The molecule has 0 spiro atoms. The zero-order valence-corrected chi connectivity index (χ0v) is 9.86. The third-order valence-electron chi connectivity index (χ3n) is 2.47. The molecule has 1 aromatic heterocycles. The normalized spacial score (nSPS) is 9.71. The van der Waals surface area contributed by atoms with Crippen LogP contribution in [0.2, 0.25) is 0 Å². The van der Waals surface area contributed by atoms with Crippen LogP contribution in [-0.2, 0) is 0 Å². The van der Waals surface area contributed by atoms with Gasteiger partial charge in [0.05, 0.1) is 5.56 Å². The summed E-state index contributed by atoms with van der Waals surface area (Å²) < 4.78 is 0. The minimum atomic E-state index is 0.552. The highest BCUT2D eigenvalue weighted by molar-refractivity contribution is 5.62. The van der Waals surface area contributed by atoms with Crippen LogP contribution in [0.25, 0.3) is 0 Å². The maximum atomic E-state index is 9.00. The Hall–Kier alpha value is -2.34. The molecule has 0 bridgehead atoms. The lowest BCUT2D eigenvalue weighted by atomic mass is 10.2. The van der Waals surface area contributed by atoms with Crippen molar-refractivity contribution >= 4 is 11.5 Å². The SMILES string of the molecule is Cc1ccc(Nc2nc(C)ccc2C#N)cc1. The van der Waals surface area contributed by atoms with Gasteiger partial charge in [-0.05, 0) is 38.1 Å². The highest BCUT2D eigenvalue weighted by atomic mass is 15.0. The summed E-state index contributed by atoms with van der Waals surface area (Å²) in [5.74, 6) is 0.608. The van der Waals surface area contributed by atoms with Crippen LogP contribution in [0.1, 0.15) is 16.8 Å². The molecule has 2 rings (SSSR count). The van der Waals surface area contributed by atoms with Gasteiger partial charge in [-0.1, -0.05) is 17.7 Å². The number of rotatable bonds is 2. The van der Waals surface area contributed by atoms with Gasteiger partial charge in [-0.15, -0.1) is 0 Å². The van der Waals surface area contributed by atoms with Crippen molar-refractivity contribution in [1.82, 2.24) is 4.98 Å². The molecule has 84 valence electrons. The molecule has 0 amide bonds. The Morgan fingerprint density at radius 2 is 1.76 bits per heavy atom. The molecule has 3 heteroatoms. The predicted molar refractivity (Wildman–Crippen MR) is 68.2 cm³/mol. The van der Waals surface area contributed by atoms with E-state index in [0.717, 1.165) is 11.4 Å². The quantitative estimate of drug-likeness (QED) is 0.849. The van der Waals surface area contributed by atoms with Crippen molar-refractivity contribution in [1.29, 1.82) is 5.26 Å². The maximum Gasteiger partial charge on any atom is 0.148 e. The lowest BCUT2D eigenvalue weighted by Crippen LogP contribution is -1.98. The van der Waals surface area contributed by atoms with Crippen LogP contribution in [0.5, 0.6) is 0 Å². The number of nitrogens with zero attached hydrogens (tertiary/aromatic N) is 2. The molecule has 1 heterocycles. The summed E-state index contributed by atoms with van der Waals surface area (Å²) in [4.78, 5) is 4.33. The van der Waals surface area contributed by atoms with E-state index in [2.05, 4.69) is 16.4 Å². The molecule has 0 aliphatic heterocycles. The van der Waals surface area contributed by atoms with Crippen LogP contribution in [0.4, 0.5) is 11.5 Å². The van der Waals surface area contributed by atoms with Crippen LogP contribution in [-0.4, -0.2) is 4.98 Å². The molecule has 0 fully saturated rings. The minimum absolute atomic E-state index is 0.552. The highest BCUT2D eigenvalue weighted by Crippen LogP contribution is 2.19. The van der Waals surface area contributed by atoms with E-state index in [9.17, 15) is 0 Å². The largest absolute Gasteiger partial charge is 0.339 e. The Balaban J connectivity index is 2.32. The van der Waals surface area contributed by atoms with Crippen molar-refractivity contribution in [3.8, 4) is 6.07 Å². The Labute approximate surface area is 101 Å². The number of pyridine rings is 1. The number of benzene rings is 1. The lowest BCUT2D eigenvalue weighted by molar-refractivity contribution is 1.19. The summed E-state index contributed by atoms with van der Waals surface area (Å²) >= 11 is 0. The van der Waals surface area contributed by atoms with Gasteiger partial charge in [-0.25, -0.2) is 4.98 Å². The fraction of sp³-hybridized carbons (Fsp3) is 0.143. The van der Waals surface area contributed by atoms with Crippen LogP contribution in [0.15, 0.2) is 36.4 Å². The van der Waals surface area contributed by atoms with Gasteiger partial charge >= 0.3 is 0 Å². The van der Waals surface area contributed by atoms with E-state index >= 15 is 0 Å². The Bertz CT molecular complexity index is 565. The first kappa shape index (κ1) is 11.2. The number of anilines is 2. The molecule has 0 saturated carbocycles. The summed E-state index contributed by atoms with van der Waals surface area (Å²) in [6.07, 6.45) is 0. The van der Waals surface area contributed by atoms with E-state index in [1.807, 2.05) is 44.2 Å². The van der Waals surface area contributed by atoms with Crippen molar-refractivity contribution in [2.24, 2.45) is 0 Å². The van der Waals surface area contributed by atoms with Crippen LogP contribution >= 0.6 is 0 Å². The summed E-state index contributed by atoms with van der Waals surface area (Å²) in [7, 11) is 0. The third kappa shape index (κ3) is 2.61. The number of aromatic nitrogens is 1. The first-order valence-electron chi connectivity index (χ1n) is 5.40. The van der Waals surface area contributed by atoms with Crippen molar-refractivity contribution < 1.29 is 0 Å². The van der Waals surface area contributed by atoms with Crippen molar-refractivity contribution in [3.05, 3.63) is 53.2 Å². The molecule has 0 saturated heterocycles. The summed E-state index contributed by atoms with van der Waals surface area (Å²) in [6.45, 7) is 3.94. The second-order valence-electron chi connectivity index (χ2n) is 3.95. The average molecular weight is 223 g/mol. The fourth-order valence-corrected chi connectivity index (χ4v) is 1.52. The van der Waals surface area contributed by atoms with Crippen molar-refractivity contribution in [2.45, 2.75) is 13.8 Å². The number of hydrogen-bond donors (Lipinski definition) is 1. The molecule has 1 N–H and O–H groups in total. The molecular formula is C14H13N3. The monoisotopic (exact) mass is 223 g/mol. The topological polar surface area (TPSA) is 48.7 Å². The smallest absolute Gasteiger partial charge is 0.148 e. The summed E-state index contributed by atoms with van der Waals surface area (Å²) in [6, 6.07) is 13.7. The van der Waals surface area contributed by atoms with Crippen LogP contribution in [0, 0.1) is 25.2 Å². The van der Waals surface area contributed by atoms with Gasteiger partial charge in [0.1, 0.15) is 11.9 Å². The van der Waals surface area contributed by atoms with E-state index in [-0.39, 0.29) is 0 Å². The van der Waals surface area contributed by atoms with Gasteiger partial charge in [0, 0.05) is 11.4 Å². The number of hydrogen-bond acceptors (Lipinski definition) is 3. The maximum absolute atomic E-state index is 9.00. The molecule has 0 unspecified atom stereocenters. The molecule has 0 aliphatic rings. The van der Waals surface area contributed by atoms with E-state index in [0.29, 0.717) is 11.4 Å². The summed E-state index contributed by atoms with van der Waals surface area (Å²) in [5.41, 5.74) is 3.58. The zero-order chi connectivity index (χ0) is 12.3. The van der Waals surface area contributed by atoms with Crippen molar-refractivity contribution in [2.75, 3.05) is 5.32 Å². The predicted octanol–water partition coefficient (Wildman–Crippen LogP) is 3.31. The number of nitriles is 1. The van der Waals surface area contributed by atoms with E-state index in [4.69, 9.17) is 5.26 Å². The van der Waals surface area contributed by atoms with Gasteiger partial charge in [-0.2, -0.15) is 5.26 Å². The number of aryl methyl sites for hydroxylation is 2. The van der Waals surface area contributed by atoms with Gasteiger partial charge < -0.3 is 5.32 Å². The van der Waals surface area contributed by atoms with Crippen LogP contribution in [0.3, 0.4) is 0 Å². The van der Waals surface area contributed by atoms with E-state index in [1.165, 1.54) is 5.56 Å². The molecule has 0 aliphatic carbocycles. The molecule has 0 atom stereocenters. The highest BCUT2D eigenvalue weighted by Gasteiger charge is 2.04. The molecule has 17 heavy (non-hydrogen) atoms. The Morgan fingerprint density at radius 3 is 2.41 bits per heavy atom. The Kier molecular flexibility index (Phi) is 3.06. The van der Waals surface area contributed by atoms with E-state index < -0.39 is 0 Å². The second kappa shape index (κ2) is 4.67. The minimum Gasteiger partial charge on any atom is -0.339 e. The fourth-order valence-electron chi connectivity index (χ4n) is 1.52. The third-order valence-corrected chi connectivity index (χ3v) is 2.47. The van der Waals surface area contributed by atoms with Gasteiger partial charge in [0.15, 0.2) is 0 Å². The molecule has 3 nitrogen and oxygen atoms in total. The summed E-state index contributed by atoms with van der Waals surface area (Å²) in [5, 5.41) is 12.2. The first-order valence-corrected chi connectivity index (χ1v) is 5.40. The standard InChI is InChI=1S/C14H13N3/c1-10-3-7-13(8-4-10)17-14-12(9-15)6-5-11(2)16-14/h3-8H,1-2H3,(H,16,17). The molecule has 2 aromatic rings. The first-order chi connectivity index (χ1) is 8.19. The van der Waals surface area contributed by atoms with Crippen LogP contribution < -0.4 is 5.32 Å². The molecular weight excluding hydrogens is 210 g/mol. The lowest BCUT2D eigenvalue weighted by Gasteiger charge is -2.08. The van der Waals surface area contributed by atoms with Gasteiger partial charge in [0.25, 0.3) is 0 Å². The Morgan fingerprint density at radius 1 is 1.06 bits per heavy atom. The average Bonchev–Trinajstić information content (AvgIpc) is 2.32. The number of nitrogens with one attached hydrogen (secondary N) is 1. The van der Waals surface area contributed by atoms with Crippen molar-refractivity contribution in [3.63, 3.8) is 0 Å². The van der Waals surface area contributed by atoms with E-state index in [1.54, 1.807) is 6.07 Å².